The number of benzene rings is 3. The molecule has 0 aliphatic heterocycles. The molecule has 0 fully saturated rings. The second-order valence-electron chi connectivity index (χ2n) is 10.9. The lowest BCUT2D eigenvalue weighted by atomic mass is 10.1. The van der Waals surface area contributed by atoms with E-state index in [1.54, 1.807) is 53.1 Å². The number of carbonyl (C=O) groups excluding carboxylic acids is 2. The van der Waals surface area contributed by atoms with E-state index in [0.29, 0.717) is 41.5 Å². The van der Waals surface area contributed by atoms with Crippen LogP contribution in [0.15, 0.2) is 134 Å². The predicted octanol–water partition coefficient (Wildman–Crippen LogP) is 9.84. The highest BCUT2D eigenvalue weighted by Crippen LogP contribution is 2.44. The molecule has 8 nitrogen and oxygen atoms in total. The Morgan fingerprint density at radius 1 is 0.551 bits per heavy atom. The van der Waals surface area contributed by atoms with E-state index in [2.05, 4.69) is 87.7 Å². The summed E-state index contributed by atoms with van der Waals surface area (Å²) in [7, 11) is 0. The minimum absolute atomic E-state index is 0.283. The number of para-hydroxylation sites is 2. The van der Waals surface area contributed by atoms with E-state index in [0.717, 1.165) is 32.2 Å². The molecule has 0 N–H and O–H groups in total. The third-order valence-corrected chi connectivity index (χ3v) is 10.1. The molecule has 8 rings (SSSR count). The molecule has 0 unspecified atom stereocenters. The summed E-state index contributed by atoms with van der Waals surface area (Å²) in [5, 5.41) is 3.50. The van der Waals surface area contributed by atoms with E-state index in [-0.39, 0.29) is 5.75 Å². The summed E-state index contributed by atoms with van der Waals surface area (Å²) in [5.41, 5.74) is 5.17. The fourth-order valence-electron chi connectivity index (χ4n) is 5.66. The van der Waals surface area contributed by atoms with Gasteiger partial charge in [0, 0.05) is 56.2 Å². The summed E-state index contributed by atoms with van der Waals surface area (Å²) in [5.74, 6) is 0.598. The van der Waals surface area contributed by atoms with Crippen molar-refractivity contribution in [2.75, 3.05) is 4.90 Å². The molecule has 236 valence electrons. The summed E-state index contributed by atoms with van der Waals surface area (Å²) in [6.45, 7) is 0.706. The maximum absolute atomic E-state index is 11.2. The number of anilines is 3. The van der Waals surface area contributed by atoms with E-state index in [9.17, 15) is 9.59 Å². The third kappa shape index (κ3) is 6.14. The molecule has 0 spiro atoms. The molecule has 5 heterocycles. The number of hydrogen-bond acceptors (Lipinski definition) is 10. The van der Waals surface area contributed by atoms with Gasteiger partial charge in [-0.25, -0.2) is 4.98 Å². The molecule has 0 saturated carbocycles. The fourth-order valence-corrected chi connectivity index (χ4v) is 7.89. The van der Waals surface area contributed by atoms with Gasteiger partial charge in [0.1, 0.15) is 16.5 Å². The second kappa shape index (κ2) is 13.1. The molecular formula is C39H24N4O4S2. The Hall–Kier alpha value is -6.23. The molecule has 3 aromatic carbocycles. The van der Waals surface area contributed by atoms with Crippen molar-refractivity contribution in [1.29, 1.82) is 0 Å². The van der Waals surface area contributed by atoms with Crippen molar-refractivity contribution in [2.24, 2.45) is 0 Å². The Morgan fingerprint density at radius 2 is 1.12 bits per heavy atom. The summed E-state index contributed by atoms with van der Waals surface area (Å²) in [6, 6.07) is 40.2. The molecule has 0 bridgehead atoms. The van der Waals surface area contributed by atoms with Crippen molar-refractivity contribution in [3.05, 3.63) is 134 Å². The first kappa shape index (κ1) is 30.1. The molecule has 49 heavy (non-hydrogen) atoms. The largest absolute Gasteiger partial charge is 0.429 e. The second-order valence-corrected chi connectivity index (χ2v) is 13.1. The minimum atomic E-state index is 0.283. The first-order valence-electron chi connectivity index (χ1n) is 15.2. The standard InChI is InChI=1S/C39H24N4O4S2/c44-23-46-30-12-14-41-33(20-30)35-22-31(47-24-45)21-34(42-35)32-15-25(11-13-40-32)36-16-26-17-38-27(18-37(26)48-36)19-39(49-38)43(28-7-3-1-4-8-28)29-9-5-2-6-10-29/h1-24H. The smallest absolute Gasteiger partial charge is 0.298 e. The zero-order valence-electron chi connectivity index (χ0n) is 25.6. The lowest BCUT2D eigenvalue weighted by Crippen LogP contribution is -2.07. The number of aromatic nitrogens is 3. The van der Waals surface area contributed by atoms with Gasteiger partial charge in [-0.3, -0.25) is 19.6 Å². The molecule has 0 radical (unpaired) electrons. The average molecular weight is 677 g/mol. The van der Waals surface area contributed by atoms with Crippen LogP contribution in [0.4, 0.5) is 16.4 Å². The van der Waals surface area contributed by atoms with E-state index in [1.807, 2.05) is 24.3 Å². The van der Waals surface area contributed by atoms with Crippen LogP contribution in [0.2, 0.25) is 0 Å². The Balaban J connectivity index is 1.15. The van der Waals surface area contributed by atoms with Crippen LogP contribution in [-0.2, 0) is 9.59 Å². The Kier molecular flexibility index (Phi) is 8.06. The van der Waals surface area contributed by atoms with E-state index in [1.165, 1.54) is 21.0 Å². The summed E-state index contributed by atoms with van der Waals surface area (Å²) >= 11 is 3.48. The number of carbonyl (C=O) groups is 2. The molecule has 0 aliphatic rings. The highest BCUT2D eigenvalue weighted by Gasteiger charge is 2.17. The van der Waals surface area contributed by atoms with Gasteiger partial charge < -0.3 is 14.4 Å². The first-order valence-corrected chi connectivity index (χ1v) is 16.8. The number of pyridine rings is 3. The number of thiophene rings is 2. The van der Waals surface area contributed by atoms with E-state index < -0.39 is 0 Å². The van der Waals surface area contributed by atoms with Gasteiger partial charge in [-0.15, -0.1) is 22.7 Å². The van der Waals surface area contributed by atoms with Crippen molar-refractivity contribution in [3.8, 4) is 44.7 Å². The summed E-state index contributed by atoms with van der Waals surface area (Å²) < 4.78 is 12.6. The lowest BCUT2D eigenvalue weighted by molar-refractivity contribution is -0.121. The molecular weight excluding hydrogens is 653 g/mol. The quantitative estimate of drug-likeness (QED) is 0.132. The van der Waals surface area contributed by atoms with Crippen LogP contribution in [0.1, 0.15) is 0 Å². The van der Waals surface area contributed by atoms with Crippen LogP contribution >= 0.6 is 22.7 Å². The van der Waals surface area contributed by atoms with Gasteiger partial charge in [0.25, 0.3) is 12.9 Å². The lowest BCUT2D eigenvalue weighted by Gasteiger charge is -2.23. The van der Waals surface area contributed by atoms with Gasteiger partial charge in [-0.1, -0.05) is 36.4 Å². The topological polar surface area (TPSA) is 94.5 Å². The monoisotopic (exact) mass is 676 g/mol. The van der Waals surface area contributed by atoms with Crippen LogP contribution in [0, 0.1) is 0 Å². The third-order valence-electron chi connectivity index (χ3n) is 7.86. The minimum Gasteiger partial charge on any atom is -0.429 e. The molecule has 10 heteroatoms. The van der Waals surface area contributed by atoms with Crippen LogP contribution < -0.4 is 14.4 Å². The molecule has 5 aromatic heterocycles. The van der Waals surface area contributed by atoms with Crippen LogP contribution in [0.25, 0.3) is 53.4 Å². The van der Waals surface area contributed by atoms with Gasteiger partial charge >= 0.3 is 0 Å². The molecule has 8 aromatic rings. The normalized spacial score (nSPS) is 11.0. The predicted molar refractivity (Wildman–Crippen MR) is 195 cm³/mol. The average Bonchev–Trinajstić information content (AvgIpc) is 3.75. The van der Waals surface area contributed by atoms with Crippen LogP contribution in [-0.4, -0.2) is 27.9 Å². The fraction of sp³-hybridized carbons (Fsp3) is 0. The summed E-state index contributed by atoms with van der Waals surface area (Å²) in [6.07, 6.45) is 3.25. The van der Waals surface area contributed by atoms with Gasteiger partial charge in [0.05, 0.1) is 22.8 Å². The van der Waals surface area contributed by atoms with Gasteiger partial charge in [-0.2, -0.15) is 0 Å². The van der Waals surface area contributed by atoms with E-state index >= 15 is 0 Å². The van der Waals surface area contributed by atoms with Crippen molar-refractivity contribution in [1.82, 2.24) is 15.0 Å². The van der Waals surface area contributed by atoms with Gasteiger partial charge in [-0.05, 0) is 83.1 Å². The highest BCUT2D eigenvalue weighted by atomic mass is 32.1. The number of nitrogens with zero attached hydrogens (tertiary/aromatic N) is 4. The Labute approximate surface area is 288 Å². The molecule has 0 amide bonds. The van der Waals surface area contributed by atoms with Crippen molar-refractivity contribution in [2.45, 2.75) is 0 Å². The van der Waals surface area contributed by atoms with Gasteiger partial charge in [0.2, 0.25) is 0 Å². The van der Waals surface area contributed by atoms with Crippen LogP contribution in [0.5, 0.6) is 11.5 Å². The number of rotatable bonds is 10. The highest BCUT2D eigenvalue weighted by molar-refractivity contribution is 7.24. The Bertz CT molecular complexity index is 2370. The maximum atomic E-state index is 11.2. The van der Waals surface area contributed by atoms with Gasteiger partial charge in [0.15, 0.2) is 0 Å². The Morgan fingerprint density at radius 3 is 1.80 bits per heavy atom. The van der Waals surface area contributed by atoms with Crippen LogP contribution in [0.3, 0.4) is 0 Å². The zero-order chi connectivity index (χ0) is 33.2. The summed E-state index contributed by atoms with van der Waals surface area (Å²) in [4.78, 5) is 39.2. The first-order chi connectivity index (χ1) is 24.1. The number of ether oxygens (including phenoxy) is 2. The number of hydrogen-bond donors (Lipinski definition) is 0. The SMILES string of the molecule is O=COc1ccnc(-c2cc(OC=O)cc(-c3cc(-c4cc5cc6sc(N(c7ccccc7)c7ccccc7)cc6cc5s4)ccn3)n2)c1. The van der Waals surface area contributed by atoms with Crippen molar-refractivity contribution >= 4 is 72.2 Å². The molecule has 0 aliphatic carbocycles. The van der Waals surface area contributed by atoms with Crippen molar-refractivity contribution < 1.29 is 19.1 Å². The molecule has 0 atom stereocenters. The zero-order valence-corrected chi connectivity index (χ0v) is 27.2. The number of fused-ring (bicyclic) bond motifs is 2. The van der Waals surface area contributed by atoms with Crippen molar-refractivity contribution in [3.63, 3.8) is 0 Å². The molecule has 0 saturated heterocycles. The van der Waals surface area contributed by atoms with E-state index in [4.69, 9.17) is 14.5 Å². The maximum Gasteiger partial charge on any atom is 0.298 e.